The van der Waals surface area contributed by atoms with E-state index in [4.69, 9.17) is 10.8 Å². The smallest absolute Gasteiger partial charge is 0.115 e. The second-order valence-corrected chi connectivity index (χ2v) is 3.23. The van der Waals surface area contributed by atoms with Crippen molar-refractivity contribution in [3.05, 3.63) is 0 Å². The van der Waals surface area contributed by atoms with E-state index in [0.29, 0.717) is 6.42 Å². The number of alkyl halides is 1. The lowest BCUT2D eigenvalue weighted by atomic mass is 9.74. The minimum Gasteiger partial charge on any atom is -0.390 e. The van der Waals surface area contributed by atoms with E-state index in [-0.39, 0.29) is 5.54 Å². The largest absolute Gasteiger partial charge is 0.390 e. The fourth-order valence-electron chi connectivity index (χ4n) is 1.36. The van der Waals surface area contributed by atoms with Gasteiger partial charge in [0.1, 0.15) is 6.67 Å². The van der Waals surface area contributed by atoms with Gasteiger partial charge in [-0.2, -0.15) is 0 Å². The molecule has 0 aromatic carbocycles. The van der Waals surface area contributed by atoms with Gasteiger partial charge in [-0.25, -0.2) is 4.39 Å². The Morgan fingerprint density at radius 2 is 2.20 bits per heavy atom. The molecule has 10 heavy (non-hydrogen) atoms. The summed E-state index contributed by atoms with van der Waals surface area (Å²) in [7, 11) is 0. The number of hydrogen-bond acceptors (Lipinski definition) is 2. The summed E-state index contributed by atoms with van der Waals surface area (Å²) in [6.07, 6.45) is 2.57. The molecular formula is C7H14FNO. The fraction of sp³-hybridized carbons (Fsp3) is 1.00. The van der Waals surface area contributed by atoms with Crippen molar-refractivity contribution < 1.29 is 9.50 Å². The second kappa shape index (κ2) is 2.84. The molecule has 0 radical (unpaired) electrons. The summed E-state index contributed by atoms with van der Waals surface area (Å²) >= 11 is 0. The number of aliphatic hydroxyl groups excluding tert-OH is 1. The number of nitrogens with two attached hydrogens (primary N) is 1. The van der Waals surface area contributed by atoms with Crippen molar-refractivity contribution in [3.8, 4) is 0 Å². The lowest BCUT2D eigenvalue weighted by Crippen LogP contribution is -2.49. The first-order chi connectivity index (χ1) is 4.66. The van der Waals surface area contributed by atoms with Gasteiger partial charge in [-0.05, 0) is 25.7 Å². The average Bonchev–Trinajstić information content (AvgIpc) is 1.84. The van der Waals surface area contributed by atoms with Crippen molar-refractivity contribution in [3.63, 3.8) is 0 Å². The second-order valence-electron chi connectivity index (χ2n) is 3.23. The summed E-state index contributed by atoms with van der Waals surface area (Å²) in [5.74, 6) is 0. The van der Waals surface area contributed by atoms with Crippen LogP contribution in [0, 0.1) is 0 Å². The summed E-state index contributed by atoms with van der Waals surface area (Å²) < 4.78 is 11.8. The van der Waals surface area contributed by atoms with E-state index in [0.717, 1.165) is 19.3 Å². The van der Waals surface area contributed by atoms with Gasteiger partial charge in [-0.3, -0.25) is 0 Å². The van der Waals surface area contributed by atoms with Crippen LogP contribution in [-0.2, 0) is 0 Å². The standard InChI is InChI=1S/C7H14FNO/c8-5-6(10)4-7(9)2-1-3-7/h6,10H,1-5,9H2. The van der Waals surface area contributed by atoms with Gasteiger partial charge >= 0.3 is 0 Å². The highest BCUT2D eigenvalue weighted by molar-refractivity contribution is 4.93. The van der Waals surface area contributed by atoms with Crippen molar-refractivity contribution in [2.75, 3.05) is 6.67 Å². The van der Waals surface area contributed by atoms with Crippen molar-refractivity contribution >= 4 is 0 Å². The molecule has 1 atom stereocenters. The monoisotopic (exact) mass is 147 g/mol. The molecule has 0 aromatic heterocycles. The van der Waals surface area contributed by atoms with Gasteiger partial charge in [0.2, 0.25) is 0 Å². The molecule has 0 aliphatic heterocycles. The molecule has 1 fully saturated rings. The molecule has 3 N–H and O–H groups in total. The van der Waals surface area contributed by atoms with Crippen molar-refractivity contribution in [1.29, 1.82) is 0 Å². The predicted octanol–water partition coefficient (Wildman–Crippen LogP) is 0.588. The summed E-state index contributed by atoms with van der Waals surface area (Å²) in [4.78, 5) is 0. The molecule has 60 valence electrons. The highest BCUT2D eigenvalue weighted by atomic mass is 19.1. The Kier molecular flexibility index (Phi) is 2.26. The third-order valence-corrected chi connectivity index (χ3v) is 2.17. The lowest BCUT2D eigenvalue weighted by molar-refractivity contribution is 0.0780. The number of aliphatic hydroxyl groups is 1. The predicted molar refractivity (Wildman–Crippen MR) is 37.4 cm³/mol. The van der Waals surface area contributed by atoms with E-state index in [1.165, 1.54) is 0 Å². The van der Waals surface area contributed by atoms with E-state index in [1.807, 2.05) is 0 Å². The van der Waals surface area contributed by atoms with Crippen LogP contribution in [0.15, 0.2) is 0 Å². The molecule has 2 nitrogen and oxygen atoms in total. The quantitative estimate of drug-likeness (QED) is 0.613. The van der Waals surface area contributed by atoms with Crippen LogP contribution in [0.1, 0.15) is 25.7 Å². The number of hydrogen-bond donors (Lipinski definition) is 2. The van der Waals surface area contributed by atoms with Crippen LogP contribution in [0.5, 0.6) is 0 Å². The van der Waals surface area contributed by atoms with Crippen LogP contribution in [0.4, 0.5) is 4.39 Å². The van der Waals surface area contributed by atoms with Crippen LogP contribution < -0.4 is 5.73 Å². The van der Waals surface area contributed by atoms with Crippen molar-refractivity contribution in [1.82, 2.24) is 0 Å². The Morgan fingerprint density at radius 3 is 2.50 bits per heavy atom. The Labute approximate surface area is 60.2 Å². The Balaban J connectivity index is 2.22. The van der Waals surface area contributed by atoms with Gasteiger partial charge in [0, 0.05) is 5.54 Å². The maximum absolute atomic E-state index is 11.8. The zero-order chi connectivity index (χ0) is 7.61. The molecular weight excluding hydrogens is 133 g/mol. The van der Waals surface area contributed by atoms with Crippen LogP contribution in [0.25, 0.3) is 0 Å². The molecule has 1 aliphatic rings. The van der Waals surface area contributed by atoms with Gasteiger partial charge in [0.05, 0.1) is 6.10 Å². The highest BCUT2D eigenvalue weighted by Gasteiger charge is 2.34. The molecule has 1 rings (SSSR count). The molecule has 1 saturated carbocycles. The third kappa shape index (κ3) is 1.67. The fourth-order valence-corrected chi connectivity index (χ4v) is 1.36. The van der Waals surface area contributed by atoms with E-state index in [1.54, 1.807) is 0 Å². The zero-order valence-corrected chi connectivity index (χ0v) is 6.02. The molecule has 3 heteroatoms. The Hall–Kier alpha value is -0.150. The van der Waals surface area contributed by atoms with E-state index in [2.05, 4.69) is 0 Å². The van der Waals surface area contributed by atoms with E-state index in [9.17, 15) is 4.39 Å². The van der Waals surface area contributed by atoms with Crippen LogP contribution in [0.2, 0.25) is 0 Å². The summed E-state index contributed by atoms with van der Waals surface area (Å²) in [5.41, 5.74) is 5.51. The summed E-state index contributed by atoms with van der Waals surface area (Å²) in [6, 6.07) is 0. The highest BCUT2D eigenvalue weighted by Crippen LogP contribution is 2.33. The molecule has 1 unspecified atom stereocenters. The zero-order valence-electron chi connectivity index (χ0n) is 6.02. The van der Waals surface area contributed by atoms with Crippen LogP contribution in [-0.4, -0.2) is 23.4 Å². The molecule has 1 aliphatic carbocycles. The Bertz CT molecular complexity index is 114. The maximum atomic E-state index is 11.8. The lowest BCUT2D eigenvalue weighted by Gasteiger charge is -2.39. The SMILES string of the molecule is NC1(CC(O)CF)CCC1. The number of halogens is 1. The van der Waals surface area contributed by atoms with Crippen molar-refractivity contribution in [2.45, 2.75) is 37.3 Å². The van der Waals surface area contributed by atoms with Gasteiger partial charge in [0.15, 0.2) is 0 Å². The van der Waals surface area contributed by atoms with Gasteiger partial charge in [-0.1, -0.05) is 0 Å². The van der Waals surface area contributed by atoms with Crippen molar-refractivity contribution in [2.24, 2.45) is 5.73 Å². The van der Waals surface area contributed by atoms with Crippen LogP contribution >= 0.6 is 0 Å². The summed E-state index contributed by atoms with van der Waals surface area (Å²) in [6.45, 7) is -0.668. The number of rotatable bonds is 3. The first-order valence-electron chi connectivity index (χ1n) is 3.69. The molecule has 0 spiro atoms. The minimum absolute atomic E-state index is 0.245. The van der Waals surface area contributed by atoms with E-state index < -0.39 is 12.8 Å². The molecule has 0 saturated heterocycles. The normalized spacial score (nSPS) is 25.5. The molecule has 0 aromatic rings. The maximum Gasteiger partial charge on any atom is 0.115 e. The average molecular weight is 147 g/mol. The van der Waals surface area contributed by atoms with Gasteiger partial charge in [0.25, 0.3) is 0 Å². The molecule has 0 bridgehead atoms. The van der Waals surface area contributed by atoms with Gasteiger partial charge in [-0.15, -0.1) is 0 Å². The minimum atomic E-state index is -0.842. The molecule has 0 amide bonds. The van der Waals surface area contributed by atoms with Crippen LogP contribution in [0.3, 0.4) is 0 Å². The first-order valence-corrected chi connectivity index (χ1v) is 3.69. The topological polar surface area (TPSA) is 46.2 Å². The first kappa shape index (κ1) is 7.95. The summed E-state index contributed by atoms with van der Waals surface area (Å²) in [5, 5.41) is 8.90. The molecule has 0 heterocycles. The van der Waals surface area contributed by atoms with Gasteiger partial charge < -0.3 is 10.8 Å². The third-order valence-electron chi connectivity index (χ3n) is 2.17. The van der Waals surface area contributed by atoms with E-state index >= 15 is 0 Å². The Morgan fingerprint density at radius 1 is 1.60 bits per heavy atom.